The van der Waals surface area contributed by atoms with E-state index < -0.39 is 35.7 Å². The van der Waals surface area contributed by atoms with Gasteiger partial charge < -0.3 is 15.2 Å². The van der Waals surface area contributed by atoms with Gasteiger partial charge in [-0.15, -0.1) is 0 Å². The number of halogens is 3. The number of carbonyl (C=O) groups excluding carboxylic acids is 2. The van der Waals surface area contributed by atoms with Crippen LogP contribution < -0.4 is 10.8 Å². The molecule has 1 aliphatic heterocycles. The van der Waals surface area contributed by atoms with Crippen molar-refractivity contribution < 1.29 is 37.8 Å². The Bertz CT molecular complexity index is 1140. The fourth-order valence-electron chi connectivity index (χ4n) is 3.49. The smallest absolute Gasteiger partial charge is 0.269 e. The quantitative estimate of drug-likeness (QED) is 0.259. The Morgan fingerprint density at radius 3 is 2.39 bits per heavy atom. The average Bonchev–Trinajstić information content (AvgIpc) is 2.87. The van der Waals surface area contributed by atoms with Crippen LogP contribution in [0.2, 0.25) is 0 Å². The molecule has 36 heavy (non-hydrogen) atoms. The van der Waals surface area contributed by atoms with Crippen molar-refractivity contribution in [1.82, 2.24) is 15.7 Å². The molecule has 2 atom stereocenters. The molecule has 1 aliphatic rings. The Kier molecular flexibility index (Phi) is 9.06. The van der Waals surface area contributed by atoms with E-state index >= 15 is 0 Å². The number of rotatable bonds is 7. The monoisotopic (exact) mass is 505 g/mol. The summed E-state index contributed by atoms with van der Waals surface area (Å²) in [6.07, 6.45) is -3.43. The number of aliphatic hydroxyl groups is 1. The van der Waals surface area contributed by atoms with Gasteiger partial charge in [0.2, 0.25) is 0 Å². The van der Waals surface area contributed by atoms with Crippen LogP contribution in [0.15, 0.2) is 42.5 Å². The van der Waals surface area contributed by atoms with Crippen LogP contribution in [-0.4, -0.2) is 71.4 Å². The Morgan fingerprint density at radius 2 is 1.81 bits per heavy atom. The van der Waals surface area contributed by atoms with E-state index in [2.05, 4.69) is 16.7 Å². The van der Waals surface area contributed by atoms with Crippen molar-refractivity contribution in [2.45, 2.75) is 31.5 Å². The molecule has 0 aliphatic carbocycles. The standard InChI is InChI=1S/C25H26F3N3O5/c1-25(34,24(27)28)21(23(33)30-35)29-22(32)19-9-8-18(20(26)14-19)7-6-16-2-4-17(5-3-16)15-31-10-12-36-13-11-31/h2-5,8-9,14,21,24,34-35H,10-13,15H2,1H3,(H,29,32)(H,30,33)/t21-,25+/m1/s1. The number of morpholine rings is 1. The molecule has 0 saturated carbocycles. The first kappa shape index (κ1) is 27.2. The summed E-state index contributed by atoms with van der Waals surface area (Å²) in [5.74, 6) is 2.11. The summed E-state index contributed by atoms with van der Waals surface area (Å²) in [7, 11) is 0. The number of amides is 2. The number of hydrogen-bond acceptors (Lipinski definition) is 6. The molecule has 2 aromatic rings. The van der Waals surface area contributed by atoms with E-state index in [-0.39, 0.29) is 11.1 Å². The second-order valence-electron chi connectivity index (χ2n) is 8.44. The van der Waals surface area contributed by atoms with Crippen LogP contribution >= 0.6 is 0 Å². The summed E-state index contributed by atoms with van der Waals surface area (Å²) in [5.41, 5.74) is -0.414. The zero-order chi connectivity index (χ0) is 26.3. The summed E-state index contributed by atoms with van der Waals surface area (Å²) < 4.78 is 46.2. The van der Waals surface area contributed by atoms with Gasteiger partial charge in [-0.3, -0.25) is 19.7 Å². The van der Waals surface area contributed by atoms with Gasteiger partial charge in [0.05, 0.1) is 18.8 Å². The molecule has 0 radical (unpaired) electrons. The maximum absolute atomic E-state index is 14.6. The topological polar surface area (TPSA) is 111 Å². The van der Waals surface area contributed by atoms with Gasteiger partial charge in [-0.25, -0.2) is 18.7 Å². The van der Waals surface area contributed by atoms with Crippen LogP contribution in [0.25, 0.3) is 0 Å². The fraction of sp³-hybridized carbons (Fsp3) is 0.360. The minimum atomic E-state index is -3.43. The van der Waals surface area contributed by atoms with Gasteiger partial charge in [0.1, 0.15) is 11.9 Å². The van der Waals surface area contributed by atoms with Crippen LogP contribution in [0.3, 0.4) is 0 Å². The first-order chi connectivity index (χ1) is 17.1. The summed E-state index contributed by atoms with van der Waals surface area (Å²) in [4.78, 5) is 26.4. The summed E-state index contributed by atoms with van der Waals surface area (Å²) in [6, 6.07) is 8.58. The van der Waals surface area contributed by atoms with Crippen LogP contribution in [0, 0.1) is 17.7 Å². The third-order valence-corrected chi connectivity index (χ3v) is 5.71. The fourth-order valence-corrected chi connectivity index (χ4v) is 3.49. The highest BCUT2D eigenvalue weighted by atomic mass is 19.3. The lowest BCUT2D eigenvalue weighted by molar-refractivity contribution is -0.149. The molecule has 1 fully saturated rings. The molecule has 3 rings (SSSR count). The third-order valence-electron chi connectivity index (χ3n) is 5.71. The number of alkyl halides is 2. The van der Waals surface area contributed by atoms with E-state index in [1.165, 1.54) is 12.1 Å². The molecule has 192 valence electrons. The van der Waals surface area contributed by atoms with Crippen molar-refractivity contribution in [2.75, 3.05) is 26.3 Å². The molecule has 0 bridgehead atoms. The van der Waals surface area contributed by atoms with Gasteiger partial charge >= 0.3 is 0 Å². The highest BCUT2D eigenvalue weighted by Gasteiger charge is 2.46. The second kappa shape index (κ2) is 12.0. The molecular formula is C25H26F3N3O5. The Labute approximate surface area is 206 Å². The Hall–Kier alpha value is -3.43. The molecule has 2 amide bonds. The largest absolute Gasteiger partial charge is 0.381 e. The van der Waals surface area contributed by atoms with E-state index in [0.29, 0.717) is 25.7 Å². The molecule has 4 N–H and O–H groups in total. The summed E-state index contributed by atoms with van der Waals surface area (Å²) >= 11 is 0. The Morgan fingerprint density at radius 1 is 1.14 bits per heavy atom. The maximum atomic E-state index is 14.6. The zero-order valence-corrected chi connectivity index (χ0v) is 19.4. The SMILES string of the molecule is C[C@@](O)(C(F)F)[C@H](NC(=O)c1ccc(C#Cc2ccc(CN3CCOCC3)cc2)c(F)c1)C(=O)NO. The minimum Gasteiger partial charge on any atom is -0.381 e. The summed E-state index contributed by atoms with van der Waals surface area (Å²) in [6.45, 7) is 4.58. The first-order valence-corrected chi connectivity index (χ1v) is 11.1. The van der Waals surface area contributed by atoms with Crippen LogP contribution in [0.1, 0.15) is 34.0 Å². The highest BCUT2D eigenvalue weighted by Crippen LogP contribution is 2.21. The van der Waals surface area contributed by atoms with Crippen molar-refractivity contribution in [2.24, 2.45) is 0 Å². The third kappa shape index (κ3) is 6.83. The van der Waals surface area contributed by atoms with Gasteiger partial charge in [-0.2, -0.15) is 0 Å². The number of hydroxylamine groups is 1. The molecule has 0 spiro atoms. The molecule has 2 aromatic carbocycles. The van der Waals surface area contributed by atoms with Gasteiger partial charge in [-0.1, -0.05) is 24.0 Å². The van der Waals surface area contributed by atoms with Crippen LogP contribution in [0.4, 0.5) is 13.2 Å². The first-order valence-electron chi connectivity index (χ1n) is 11.1. The number of ether oxygens (including phenoxy) is 1. The second-order valence-corrected chi connectivity index (χ2v) is 8.44. The van der Waals surface area contributed by atoms with Gasteiger partial charge in [0, 0.05) is 30.8 Å². The molecule has 1 heterocycles. The van der Waals surface area contributed by atoms with Crippen molar-refractivity contribution >= 4 is 11.8 Å². The Balaban J connectivity index is 1.68. The van der Waals surface area contributed by atoms with Crippen LogP contribution in [-0.2, 0) is 16.1 Å². The van der Waals surface area contributed by atoms with E-state index in [1.807, 2.05) is 29.6 Å². The predicted octanol–water partition coefficient (Wildman–Crippen LogP) is 1.68. The van der Waals surface area contributed by atoms with Crippen molar-refractivity contribution in [3.05, 3.63) is 70.5 Å². The van der Waals surface area contributed by atoms with Gasteiger partial charge in [0.25, 0.3) is 18.2 Å². The average molecular weight is 505 g/mol. The molecule has 8 nitrogen and oxygen atoms in total. The van der Waals surface area contributed by atoms with E-state index in [1.54, 1.807) is 0 Å². The van der Waals surface area contributed by atoms with Crippen molar-refractivity contribution in [3.8, 4) is 11.8 Å². The molecule has 1 saturated heterocycles. The molecule has 0 unspecified atom stereocenters. The maximum Gasteiger partial charge on any atom is 0.269 e. The number of hydrogen-bond donors (Lipinski definition) is 4. The van der Waals surface area contributed by atoms with E-state index in [4.69, 9.17) is 9.94 Å². The predicted molar refractivity (Wildman–Crippen MR) is 123 cm³/mol. The normalized spacial score (nSPS) is 16.4. The molecule has 0 aromatic heterocycles. The lowest BCUT2D eigenvalue weighted by Crippen LogP contribution is -2.61. The minimum absolute atomic E-state index is 0.00632. The zero-order valence-electron chi connectivity index (χ0n) is 19.4. The highest BCUT2D eigenvalue weighted by molar-refractivity contribution is 5.98. The van der Waals surface area contributed by atoms with Crippen LogP contribution in [0.5, 0.6) is 0 Å². The number of carbonyl (C=O) groups is 2. The number of nitrogens with one attached hydrogen (secondary N) is 2. The van der Waals surface area contributed by atoms with Gasteiger partial charge in [-0.05, 0) is 42.8 Å². The lowest BCUT2D eigenvalue weighted by atomic mass is 9.95. The van der Waals surface area contributed by atoms with Gasteiger partial charge in [0.15, 0.2) is 5.60 Å². The van der Waals surface area contributed by atoms with E-state index in [9.17, 15) is 27.9 Å². The molecule has 11 heteroatoms. The van der Waals surface area contributed by atoms with E-state index in [0.717, 1.165) is 36.7 Å². The number of benzene rings is 2. The van der Waals surface area contributed by atoms with Crippen molar-refractivity contribution in [3.63, 3.8) is 0 Å². The molecular weight excluding hydrogens is 479 g/mol. The number of nitrogens with zero attached hydrogens (tertiary/aromatic N) is 1. The lowest BCUT2D eigenvalue weighted by Gasteiger charge is -2.30. The summed E-state index contributed by atoms with van der Waals surface area (Å²) in [5, 5.41) is 20.5. The van der Waals surface area contributed by atoms with Crippen molar-refractivity contribution in [1.29, 1.82) is 0 Å².